The van der Waals surface area contributed by atoms with Gasteiger partial charge in [0.15, 0.2) is 0 Å². The van der Waals surface area contributed by atoms with E-state index in [4.69, 9.17) is 4.74 Å². The van der Waals surface area contributed by atoms with E-state index in [2.05, 4.69) is 10.0 Å². The second-order valence-corrected chi connectivity index (χ2v) is 7.01. The van der Waals surface area contributed by atoms with E-state index in [0.717, 1.165) is 5.56 Å². The van der Waals surface area contributed by atoms with Crippen LogP contribution in [0.25, 0.3) is 0 Å². The van der Waals surface area contributed by atoms with Crippen LogP contribution in [0.4, 0.5) is 0 Å². The van der Waals surface area contributed by atoms with Gasteiger partial charge in [0.25, 0.3) is 0 Å². The zero-order chi connectivity index (χ0) is 16.6. The minimum absolute atomic E-state index is 0.157. The zero-order valence-corrected chi connectivity index (χ0v) is 14.1. The first-order valence-electron chi connectivity index (χ1n) is 7.22. The van der Waals surface area contributed by atoms with E-state index in [9.17, 15) is 13.2 Å². The summed E-state index contributed by atoms with van der Waals surface area (Å²) >= 11 is 0. The van der Waals surface area contributed by atoms with Gasteiger partial charge < -0.3 is 10.1 Å². The lowest BCUT2D eigenvalue weighted by Gasteiger charge is -2.09. The third-order valence-corrected chi connectivity index (χ3v) is 4.54. The van der Waals surface area contributed by atoms with Gasteiger partial charge in [-0.25, -0.2) is 13.1 Å². The first-order valence-corrected chi connectivity index (χ1v) is 8.70. The molecular formula is C15H24N2O4S. The molecule has 2 N–H and O–H groups in total. The lowest BCUT2D eigenvalue weighted by molar-refractivity contribution is -0.120. The number of amides is 1. The molecule has 1 amide bonds. The molecule has 0 aliphatic rings. The van der Waals surface area contributed by atoms with Crippen molar-refractivity contribution in [3.05, 3.63) is 29.8 Å². The molecule has 124 valence electrons. The second-order valence-electron chi connectivity index (χ2n) is 5.24. The fraction of sp³-hybridized carbons (Fsp3) is 0.533. The van der Waals surface area contributed by atoms with Gasteiger partial charge in [-0.1, -0.05) is 26.0 Å². The van der Waals surface area contributed by atoms with Crippen LogP contribution in [0.2, 0.25) is 0 Å². The van der Waals surface area contributed by atoms with Crippen LogP contribution in [0.3, 0.4) is 0 Å². The number of carbonyl (C=O) groups is 1. The van der Waals surface area contributed by atoms with Crippen molar-refractivity contribution in [2.75, 3.05) is 26.8 Å². The third kappa shape index (κ3) is 6.13. The summed E-state index contributed by atoms with van der Waals surface area (Å²) in [6.45, 7) is 4.80. The summed E-state index contributed by atoms with van der Waals surface area (Å²) in [5, 5.41) is 2.62. The molecule has 6 nitrogen and oxygen atoms in total. The average Bonchev–Trinajstić information content (AvgIpc) is 2.50. The number of carbonyl (C=O) groups excluding carboxylic acids is 1. The van der Waals surface area contributed by atoms with Gasteiger partial charge in [0.2, 0.25) is 15.9 Å². The maximum atomic E-state index is 12.1. The Morgan fingerprint density at radius 1 is 1.23 bits per heavy atom. The quantitative estimate of drug-likeness (QED) is 0.668. The first kappa shape index (κ1) is 18.6. The van der Waals surface area contributed by atoms with Crippen LogP contribution in [-0.4, -0.2) is 41.1 Å². The molecule has 0 spiro atoms. The fourth-order valence-electron chi connectivity index (χ4n) is 1.78. The highest BCUT2D eigenvalue weighted by Crippen LogP contribution is 2.17. The van der Waals surface area contributed by atoms with E-state index in [1.165, 1.54) is 0 Å². The molecule has 0 atom stereocenters. The molecule has 7 heteroatoms. The topological polar surface area (TPSA) is 84.5 Å². The van der Waals surface area contributed by atoms with Crippen LogP contribution in [0.1, 0.15) is 31.7 Å². The standard InChI is InChI=1S/C15H24N2O4S/c1-12(2)13-5-7-14(8-6-13)22(19,20)17-11-15(18)16-9-4-10-21-3/h5-8,12,17H,4,9-11H2,1-3H3,(H,16,18). The van der Waals surface area contributed by atoms with Crippen LogP contribution in [0.5, 0.6) is 0 Å². The number of rotatable bonds is 9. The van der Waals surface area contributed by atoms with Gasteiger partial charge in [-0.3, -0.25) is 4.79 Å². The molecule has 0 radical (unpaired) electrons. The maximum absolute atomic E-state index is 12.1. The smallest absolute Gasteiger partial charge is 0.241 e. The SMILES string of the molecule is COCCCNC(=O)CNS(=O)(=O)c1ccc(C(C)C)cc1. The summed E-state index contributed by atoms with van der Waals surface area (Å²) in [5.41, 5.74) is 1.06. The Labute approximate surface area is 132 Å². The molecule has 0 fully saturated rings. The Morgan fingerprint density at radius 3 is 2.41 bits per heavy atom. The van der Waals surface area contributed by atoms with Crippen molar-refractivity contribution in [2.24, 2.45) is 0 Å². The van der Waals surface area contributed by atoms with Crippen molar-refractivity contribution in [3.8, 4) is 0 Å². The lowest BCUT2D eigenvalue weighted by atomic mass is 10.0. The third-order valence-electron chi connectivity index (χ3n) is 3.13. The first-order chi connectivity index (χ1) is 10.4. The summed E-state index contributed by atoms with van der Waals surface area (Å²) in [5.74, 6) is -0.0268. The van der Waals surface area contributed by atoms with Gasteiger partial charge in [0.1, 0.15) is 0 Å². The molecule has 1 rings (SSSR count). The molecule has 0 unspecified atom stereocenters. The Balaban J connectivity index is 2.51. The summed E-state index contributed by atoms with van der Waals surface area (Å²) in [7, 11) is -2.08. The van der Waals surface area contributed by atoms with Crippen LogP contribution < -0.4 is 10.0 Å². The van der Waals surface area contributed by atoms with E-state index < -0.39 is 10.0 Å². The van der Waals surface area contributed by atoms with Gasteiger partial charge in [-0.05, 0) is 30.0 Å². The molecule has 1 aromatic rings. The second kappa shape index (κ2) is 8.87. The van der Waals surface area contributed by atoms with Crippen LogP contribution >= 0.6 is 0 Å². The zero-order valence-electron chi connectivity index (χ0n) is 13.3. The van der Waals surface area contributed by atoms with Crippen molar-refractivity contribution in [3.63, 3.8) is 0 Å². The van der Waals surface area contributed by atoms with Gasteiger partial charge in [0, 0.05) is 20.3 Å². The van der Waals surface area contributed by atoms with E-state index in [1.807, 2.05) is 13.8 Å². The van der Waals surface area contributed by atoms with Crippen LogP contribution in [-0.2, 0) is 19.6 Å². The molecule has 0 heterocycles. The van der Waals surface area contributed by atoms with Gasteiger partial charge >= 0.3 is 0 Å². The van der Waals surface area contributed by atoms with Crippen molar-refractivity contribution in [1.29, 1.82) is 0 Å². The normalized spacial score (nSPS) is 11.6. The average molecular weight is 328 g/mol. The van der Waals surface area contributed by atoms with E-state index in [1.54, 1.807) is 31.4 Å². The van der Waals surface area contributed by atoms with E-state index in [0.29, 0.717) is 25.5 Å². The highest BCUT2D eigenvalue weighted by atomic mass is 32.2. The molecule has 0 aliphatic heterocycles. The van der Waals surface area contributed by atoms with Crippen LogP contribution in [0, 0.1) is 0 Å². The largest absolute Gasteiger partial charge is 0.385 e. The molecule has 22 heavy (non-hydrogen) atoms. The molecule has 0 bridgehead atoms. The number of hydrogen-bond acceptors (Lipinski definition) is 4. The Morgan fingerprint density at radius 2 is 1.86 bits per heavy atom. The lowest BCUT2D eigenvalue weighted by Crippen LogP contribution is -2.37. The van der Waals surface area contributed by atoms with Gasteiger partial charge in [-0.15, -0.1) is 0 Å². The van der Waals surface area contributed by atoms with Crippen molar-refractivity contribution in [1.82, 2.24) is 10.0 Å². The Kier molecular flexibility index (Phi) is 7.50. The highest BCUT2D eigenvalue weighted by Gasteiger charge is 2.15. The monoisotopic (exact) mass is 328 g/mol. The van der Waals surface area contributed by atoms with Crippen molar-refractivity contribution >= 4 is 15.9 Å². The molecular weight excluding hydrogens is 304 g/mol. The van der Waals surface area contributed by atoms with Crippen molar-refractivity contribution < 1.29 is 17.9 Å². The number of nitrogens with one attached hydrogen (secondary N) is 2. The van der Waals surface area contributed by atoms with E-state index >= 15 is 0 Å². The minimum atomic E-state index is -3.67. The number of hydrogen-bond donors (Lipinski definition) is 2. The fourth-order valence-corrected chi connectivity index (χ4v) is 2.76. The molecule has 0 saturated carbocycles. The Hall–Kier alpha value is -1.44. The summed E-state index contributed by atoms with van der Waals surface area (Å²) in [6, 6.07) is 6.66. The minimum Gasteiger partial charge on any atom is -0.385 e. The Bertz CT molecular complexity index is 568. The molecule has 0 aromatic heterocycles. The van der Waals surface area contributed by atoms with E-state index in [-0.39, 0.29) is 17.3 Å². The highest BCUT2D eigenvalue weighted by molar-refractivity contribution is 7.89. The van der Waals surface area contributed by atoms with Crippen molar-refractivity contribution in [2.45, 2.75) is 31.1 Å². The van der Waals surface area contributed by atoms with Gasteiger partial charge in [0.05, 0.1) is 11.4 Å². The summed E-state index contributed by atoms with van der Waals surface area (Å²) in [4.78, 5) is 11.7. The number of sulfonamides is 1. The maximum Gasteiger partial charge on any atom is 0.241 e. The number of methoxy groups -OCH3 is 1. The predicted octanol–water partition coefficient (Wildman–Crippen LogP) is 1.24. The number of benzene rings is 1. The predicted molar refractivity (Wildman–Crippen MR) is 85.2 cm³/mol. The van der Waals surface area contributed by atoms with Gasteiger partial charge in [-0.2, -0.15) is 0 Å². The summed E-state index contributed by atoms with van der Waals surface area (Å²) < 4.78 is 31.3. The molecule has 0 aliphatic carbocycles. The molecule has 0 saturated heterocycles. The summed E-state index contributed by atoms with van der Waals surface area (Å²) in [6.07, 6.45) is 0.686. The molecule has 1 aromatic carbocycles. The van der Waals surface area contributed by atoms with Crippen LogP contribution in [0.15, 0.2) is 29.2 Å². The number of ether oxygens (including phenoxy) is 1.